The summed E-state index contributed by atoms with van der Waals surface area (Å²) in [6, 6.07) is 12.8. The molecular formula is C21H20ClF2N3O2. The summed E-state index contributed by atoms with van der Waals surface area (Å²) in [7, 11) is 0. The SMILES string of the molecule is CC(OCCCNc1cnn(-c2ccc(F)cc2F)c(=O)c1Cl)c1ccccc1. The van der Waals surface area contributed by atoms with E-state index >= 15 is 0 Å². The fraction of sp³-hybridized carbons (Fsp3) is 0.238. The number of rotatable bonds is 8. The lowest BCUT2D eigenvalue weighted by atomic mass is 10.1. The molecule has 3 rings (SSSR count). The molecule has 0 bridgehead atoms. The van der Waals surface area contributed by atoms with Crippen LogP contribution in [0.2, 0.25) is 5.02 Å². The number of ether oxygens (including phenoxy) is 1. The lowest BCUT2D eigenvalue weighted by molar-refractivity contribution is 0.0656. The minimum atomic E-state index is -0.902. The molecule has 0 aliphatic heterocycles. The average Bonchev–Trinajstić information content (AvgIpc) is 2.72. The zero-order valence-electron chi connectivity index (χ0n) is 15.7. The maximum atomic E-state index is 13.9. The second-order valence-corrected chi connectivity index (χ2v) is 6.77. The molecule has 0 fully saturated rings. The van der Waals surface area contributed by atoms with E-state index in [1.807, 2.05) is 37.3 Å². The van der Waals surface area contributed by atoms with E-state index in [1.165, 1.54) is 6.20 Å². The van der Waals surface area contributed by atoms with E-state index in [1.54, 1.807) is 0 Å². The van der Waals surface area contributed by atoms with Gasteiger partial charge in [-0.3, -0.25) is 4.79 Å². The molecule has 0 aliphatic rings. The maximum Gasteiger partial charge on any atom is 0.292 e. The third-order valence-corrected chi connectivity index (χ3v) is 4.70. The van der Waals surface area contributed by atoms with Crippen molar-refractivity contribution in [3.05, 3.63) is 87.3 Å². The largest absolute Gasteiger partial charge is 0.382 e. The van der Waals surface area contributed by atoms with E-state index in [9.17, 15) is 13.6 Å². The van der Waals surface area contributed by atoms with Crippen LogP contribution in [-0.2, 0) is 4.74 Å². The molecule has 0 saturated heterocycles. The Hall–Kier alpha value is -2.77. The van der Waals surface area contributed by atoms with Gasteiger partial charge in [-0.2, -0.15) is 9.78 Å². The molecule has 1 aromatic heterocycles. The van der Waals surface area contributed by atoms with Crippen LogP contribution >= 0.6 is 11.6 Å². The van der Waals surface area contributed by atoms with E-state index in [4.69, 9.17) is 16.3 Å². The van der Waals surface area contributed by atoms with Crippen molar-refractivity contribution in [1.82, 2.24) is 9.78 Å². The summed E-state index contributed by atoms with van der Waals surface area (Å²) in [5.41, 5.74) is 0.570. The van der Waals surface area contributed by atoms with E-state index < -0.39 is 17.2 Å². The smallest absolute Gasteiger partial charge is 0.292 e. The van der Waals surface area contributed by atoms with E-state index in [2.05, 4.69) is 10.4 Å². The Labute approximate surface area is 171 Å². The van der Waals surface area contributed by atoms with Crippen molar-refractivity contribution < 1.29 is 13.5 Å². The molecule has 5 nitrogen and oxygen atoms in total. The van der Waals surface area contributed by atoms with Gasteiger partial charge < -0.3 is 10.1 Å². The monoisotopic (exact) mass is 419 g/mol. The summed E-state index contributed by atoms with van der Waals surface area (Å²) < 4.78 is 33.6. The lowest BCUT2D eigenvalue weighted by Crippen LogP contribution is -2.24. The Morgan fingerprint density at radius 3 is 2.69 bits per heavy atom. The summed E-state index contributed by atoms with van der Waals surface area (Å²) in [5.74, 6) is -1.64. The Bertz CT molecular complexity index is 1030. The molecule has 0 amide bonds. The van der Waals surface area contributed by atoms with Crippen LogP contribution in [0, 0.1) is 11.6 Å². The molecule has 29 heavy (non-hydrogen) atoms. The van der Waals surface area contributed by atoms with Crippen molar-refractivity contribution in [2.45, 2.75) is 19.4 Å². The third-order valence-electron chi connectivity index (χ3n) is 4.33. The fourth-order valence-corrected chi connectivity index (χ4v) is 2.95. The van der Waals surface area contributed by atoms with Crippen LogP contribution in [-0.4, -0.2) is 22.9 Å². The summed E-state index contributed by atoms with van der Waals surface area (Å²) in [6.45, 7) is 3.01. The molecule has 0 saturated carbocycles. The summed E-state index contributed by atoms with van der Waals surface area (Å²) in [6.07, 6.45) is 2.00. The molecule has 0 aliphatic carbocycles. The van der Waals surface area contributed by atoms with Gasteiger partial charge in [0.1, 0.15) is 16.5 Å². The van der Waals surface area contributed by atoms with Gasteiger partial charge in [0.25, 0.3) is 5.56 Å². The first-order valence-electron chi connectivity index (χ1n) is 9.11. The third kappa shape index (κ3) is 5.19. The molecule has 3 aromatic rings. The molecule has 2 aromatic carbocycles. The molecule has 8 heteroatoms. The highest BCUT2D eigenvalue weighted by Crippen LogP contribution is 2.19. The predicted molar refractivity (Wildman–Crippen MR) is 109 cm³/mol. The lowest BCUT2D eigenvalue weighted by Gasteiger charge is -2.14. The van der Waals surface area contributed by atoms with Crippen LogP contribution in [0.5, 0.6) is 0 Å². The Morgan fingerprint density at radius 1 is 1.21 bits per heavy atom. The van der Waals surface area contributed by atoms with Crippen LogP contribution < -0.4 is 10.9 Å². The molecule has 0 spiro atoms. The van der Waals surface area contributed by atoms with Gasteiger partial charge in [-0.25, -0.2) is 8.78 Å². The van der Waals surface area contributed by atoms with E-state index in [0.29, 0.717) is 31.3 Å². The van der Waals surface area contributed by atoms with Crippen LogP contribution in [0.1, 0.15) is 25.0 Å². The highest BCUT2D eigenvalue weighted by atomic mass is 35.5. The van der Waals surface area contributed by atoms with Gasteiger partial charge in [-0.05, 0) is 31.0 Å². The van der Waals surface area contributed by atoms with Gasteiger partial charge in [0.05, 0.1) is 18.0 Å². The first kappa shape index (κ1) is 21.0. The van der Waals surface area contributed by atoms with Gasteiger partial charge >= 0.3 is 0 Å². The number of hydrogen-bond donors (Lipinski definition) is 1. The summed E-state index contributed by atoms with van der Waals surface area (Å²) in [4.78, 5) is 12.4. The minimum Gasteiger partial charge on any atom is -0.382 e. The second-order valence-electron chi connectivity index (χ2n) is 6.39. The zero-order valence-corrected chi connectivity index (χ0v) is 16.5. The number of nitrogens with zero attached hydrogens (tertiary/aromatic N) is 2. The van der Waals surface area contributed by atoms with Crippen molar-refractivity contribution in [3.63, 3.8) is 0 Å². The average molecular weight is 420 g/mol. The predicted octanol–water partition coefficient (Wildman–Crippen LogP) is 4.74. The Morgan fingerprint density at radius 2 is 1.97 bits per heavy atom. The van der Waals surface area contributed by atoms with Crippen LogP contribution in [0.15, 0.2) is 59.5 Å². The highest BCUT2D eigenvalue weighted by molar-refractivity contribution is 6.32. The number of anilines is 1. The standard InChI is InChI=1S/C21H20ClF2N3O2/c1-14(15-6-3-2-4-7-15)29-11-5-10-25-18-13-26-27(21(28)20(18)22)19-9-8-16(23)12-17(19)24/h2-4,6-9,12-14,25H,5,10-11H2,1H3. The van der Waals surface area contributed by atoms with Crippen molar-refractivity contribution >= 4 is 17.3 Å². The van der Waals surface area contributed by atoms with Crippen molar-refractivity contribution in [2.75, 3.05) is 18.5 Å². The highest BCUT2D eigenvalue weighted by Gasteiger charge is 2.14. The fourth-order valence-electron chi connectivity index (χ4n) is 2.76. The number of nitrogens with one attached hydrogen (secondary N) is 1. The zero-order chi connectivity index (χ0) is 20.8. The van der Waals surface area contributed by atoms with E-state index in [-0.39, 0.29) is 16.8 Å². The van der Waals surface area contributed by atoms with Crippen molar-refractivity contribution in [2.24, 2.45) is 0 Å². The van der Waals surface area contributed by atoms with Gasteiger partial charge in [0.15, 0.2) is 5.82 Å². The first-order chi connectivity index (χ1) is 14.0. The number of hydrogen-bond acceptors (Lipinski definition) is 4. The Kier molecular flexibility index (Phi) is 6.95. The normalized spacial score (nSPS) is 12.0. The maximum absolute atomic E-state index is 13.9. The summed E-state index contributed by atoms with van der Waals surface area (Å²) >= 11 is 6.11. The van der Waals surface area contributed by atoms with Crippen molar-refractivity contribution in [3.8, 4) is 5.69 Å². The molecule has 1 heterocycles. The quantitative estimate of drug-likeness (QED) is 0.535. The van der Waals surface area contributed by atoms with Crippen LogP contribution in [0.3, 0.4) is 0 Å². The number of benzene rings is 2. The van der Waals surface area contributed by atoms with Crippen molar-refractivity contribution in [1.29, 1.82) is 0 Å². The second kappa shape index (κ2) is 9.62. The van der Waals surface area contributed by atoms with Gasteiger partial charge in [-0.1, -0.05) is 41.9 Å². The number of halogens is 3. The van der Waals surface area contributed by atoms with Gasteiger partial charge in [-0.15, -0.1) is 0 Å². The molecule has 0 radical (unpaired) electrons. The molecule has 1 unspecified atom stereocenters. The van der Waals surface area contributed by atoms with Crippen LogP contribution in [0.25, 0.3) is 5.69 Å². The van der Waals surface area contributed by atoms with Gasteiger partial charge in [0.2, 0.25) is 0 Å². The Balaban J connectivity index is 1.57. The van der Waals surface area contributed by atoms with Gasteiger partial charge in [0, 0.05) is 19.2 Å². The molecular weight excluding hydrogens is 400 g/mol. The minimum absolute atomic E-state index is 0.0176. The van der Waals surface area contributed by atoms with E-state index in [0.717, 1.165) is 22.4 Å². The topological polar surface area (TPSA) is 56.1 Å². The molecule has 1 N–H and O–H groups in total. The molecule has 152 valence electrons. The first-order valence-corrected chi connectivity index (χ1v) is 9.49. The summed E-state index contributed by atoms with van der Waals surface area (Å²) in [5, 5.41) is 6.84. The van der Waals surface area contributed by atoms with Crippen LogP contribution in [0.4, 0.5) is 14.5 Å². The molecule has 1 atom stereocenters. The number of aromatic nitrogens is 2.